The van der Waals surface area contributed by atoms with Crippen molar-refractivity contribution in [1.29, 1.82) is 0 Å². The Morgan fingerprint density at radius 2 is 1.46 bits per heavy atom. The molecule has 0 aliphatic carbocycles. The summed E-state index contributed by atoms with van der Waals surface area (Å²) >= 11 is 0. The van der Waals surface area contributed by atoms with Gasteiger partial charge in [-0.1, -0.05) is 24.6 Å². The van der Waals surface area contributed by atoms with Gasteiger partial charge in [-0.15, -0.1) is 0 Å². The van der Waals surface area contributed by atoms with E-state index >= 15 is 0 Å². The second-order valence-corrected chi connectivity index (χ2v) is 9.86. The normalized spacial score (nSPS) is 13.8. The van der Waals surface area contributed by atoms with Crippen molar-refractivity contribution in [1.82, 2.24) is 4.90 Å². The molecular formula is C33H35NO5. The summed E-state index contributed by atoms with van der Waals surface area (Å²) < 4.78 is 16.8. The van der Waals surface area contributed by atoms with Crippen LogP contribution in [-0.4, -0.2) is 56.3 Å². The molecule has 0 radical (unpaired) electrons. The van der Waals surface area contributed by atoms with Crippen LogP contribution < -0.4 is 14.2 Å². The maximum atomic E-state index is 14.1. The van der Waals surface area contributed by atoms with Crippen LogP contribution in [0.1, 0.15) is 40.7 Å². The molecule has 4 aromatic carbocycles. The lowest BCUT2D eigenvalue weighted by Gasteiger charge is -2.26. The average molecular weight is 526 g/mol. The first-order chi connectivity index (χ1) is 19.1. The lowest BCUT2D eigenvalue weighted by molar-refractivity contribution is 0.104. The van der Waals surface area contributed by atoms with E-state index in [1.807, 2.05) is 66.7 Å². The lowest BCUT2D eigenvalue weighted by atomic mass is 9.87. The fraction of sp³-hybridized carbons (Fsp3) is 0.303. The number of carbonyl (C=O) groups excluding carboxylic acids is 1. The number of methoxy groups -OCH3 is 2. The minimum Gasteiger partial charge on any atom is -0.497 e. The zero-order valence-electron chi connectivity index (χ0n) is 22.6. The Morgan fingerprint density at radius 1 is 0.795 bits per heavy atom. The quantitative estimate of drug-likeness (QED) is 0.252. The maximum absolute atomic E-state index is 14.1. The van der Waals surface area contributed by atoms with Crippen molar-refractivity contribution in [2.45, 2.75) is 25.9 Å². The number of ketones is 1. The monoisotopic (exact) mass is 525 g/mol. The van der Waals surface area contributed by atoms with E-state index in [1.165, 1.54) is 19.3 Å². The first kappa shape index (κ1) is 26.7. The second kappa shape index (κ2) is 12.3. The third-order valence-corrected chi connectivity index (χ3v) is 7.47. The number of fused-ring (bicyclic) bond motifs is 1. The fourth-order valence-electron chi connectivity index (χ4n) is 5.32. The third kappa shape index (κ3) is 5.92. The highest BCUT2D eigenvalue weighted by atomic mass is 16.5. The van der Waals surface area contributed by atoms with Crippen LogP contribution >= 0.6 is 0 Å². The lowest BCUT2D eigenvalue weighted by Crippen LogP contribution is -2.33. The van der Waals surface area contributed by atoms with Gasteiger partial charge in [0.25, 0.3) is 0 Å². The Hall–Kier alpha value is -3.87. The van der Waals surface area contributed by atoms with E-state index in [4.69, 9.17) is 14.2 Å². The molecular weight excluding hydrogens is 490 g/mol. The van der Waals surface area contributed by atoms with Gasteiger partial charge >= 0.3 is 0 Å². The van der Waals surface area contributed by atoms with Gasteiger partial charge in [-0.25, -0.2) is 0 Å². The Labute approximate surface area is 229 Å². The molecule has 1 heterocycles. The van der Waals surface area contributed by atoms with E-state index in [2.05, 4.69) is 4.90 Å². The number of hydrogen-bond acceptors (Lipinski definition) is 6. The van der Waals surface area contributed by atoms with Gasteiger partial charge in [-0.2, -0.15) is 0 Å². The Morgan fingerprint density at radius 3 is 2.18 bits per heavy atom. The molecule has 0 atom stereocenters. The number of carbonyl (C=O) groups is 1. The van der Waals surface area contributed by atoms with Gasteiger partial charge < -0.3 is 19.3 Å². The first-order valence-electron chi connectivity index (χ1n) is 13.5. The minimum absolute atomic E-state index is 0.0969. The molecule has 1 aliphatic rings. The summed E-state index contributed by atoms with van der Waals surface area (Å²) in [5.41, 5.74) is 3.38. The molecule has 4 aromatic rings. The number of benzene rings is 4. The van der Waals surface area contributed by atoms with Gasteiger partial charge in [0.05, 0.1) is 20.8 Å². The summed E-state index contributed by atoms with van der Waals surface area (Å²) in [5.74, 6) is 2.03. The molecule has 1 N–H and O–H groups in total. The summed E-state index contributed by atoms with van der Waals surface area (Å²) in [7, 11) is 3.22. The number of aliphatic hydroxyl groups excluding tert-OH is 1. The summed E-state index contributed by atoms with van der Waals surface area (Å²) in [6.45, 7) is 3.65. The highest BCUT2D eigenvalue weighted by Gasteiger charge is 2.21. The zero-order valence-corrected chi connectivity index (χ0v) is 22.6. The van der Waals surface area contributed by atoms with Gasteiger partial charge in [-0.05, 0) is 108 Å². The molecule has 202 valence electrons. The van der Waals surface area contributed by atoms with Gasteiger partial charge in [0.15, 0.2) is 5.78 Å². The molecule has 0 amide bonds. The SMILES string of the molecule is COc1ccc(-c2ccc3cc(OC)ccc3c2C(=O)c2ccc(OCCN3CCCCC3)cc2)c(CO)c1. The second-order valence-electron chi connectivity index (χ2n) is 9.86. The number of ether oxygens (including phenoxy) is 3. The van der Waals surface area contributed by atoms with Crippen LogP contribution in [0, 0.1) is 0 Å². The van der Waals surface area contributed by atoms with Gasteiger partial charge in [0, 0.05) is 17.7 Å². The predicted molar refractivity (Wildman–Crippen MR) is 154 cm³/mol. The number of piperidine rings is 1. The van der Waals surface area contributed by atoms with Crippen molar-refractivity contribution in [3.8, 4) is 28.4 Å². The highest BCUT2D eigenvalue weighted by Crippen LogP contribution is 2.36. The Kier molecular flexibility index (Phi) is 8.45. The number of aliphatic hydroxyl groups is 1. The first-order valence-corrected chi connectivity index (χ1v) is 13.5. The van der Waals surface area contributed by atoms with Crippen molar-refractivity contribution in [3.63, 3.8) is 0 Å². The summed E-state index contributed by atoms with van der Waals surface area (Å²) in [6.07, 6.45) is 3.84. The molecule has 0 saturated carbocycles. The van der Waals surface area contributed by atoms with Crippen LogP contribution in [0.2, 0.25) is 0 Å². The topological polar surface area (TPSA) is 68.2 Å². The number of likely N-dealkylation sites (tertiary alicyclic amines) is 1. The number of rotatable bonds is 10. The molecule has 1 aliphatic heterocycles. The molecule has 5 rings (SSSR count). The molecule has 39 heavy (non-hydrogen) atoms. The van der Waals surface area contributed by atoms with E-state index in [0.29, 0.717) is 29.0 Å². The molecule has 0 bridgehead atoms. The van der Waals surface area contributed by atoms with E-state index < -0.39 is 0 Å². The van der Waals surface area contributed by atoms with E-state index in [0.717, 1.165) is 53.0 Å². The third-order valence-electron chi connectivity index (χ3n) is 7.47. The molecule has 1 saturated heterocycles. The Bertz CT molecular complexity index is 1440. The van der Waals surface area contributed by atoms with Gasteiger partial charge in [-0.3, -0.25) is 9.69 Å². The molecule has 1 fully saturated rings. The maximum Gasteiger partial charge on any atom is 0.194 e. The van der Waals surface area contributed by atoms with Crippen LogP contribution in [0.25, 0.3) is 21.9 Å². The highest BCUT2D eigenvalue weighted by molar-refractivity contribution is 6.20. The van der Waals surface area contributed by atoms with Crippen LogP contribution in [0.5, 0.6) is 17.2 Å². The molecule has 0 unspecified atom stereocenters. The standard InChI is InChI=1S/C33H35NO5/c1-37-27-12-15-30-24(20-27)8-13-31(29-14-11-28(38-2)21-25(29)22-35)32(30)33(36)23-6-9-26(10-7-23)39-19-18-34-16-4-3-5-17-34/h6-15,20-21,35H,3-5,16-19,22H2,1-2H3. The molecule has 6 nitrogen and oxygen atoms in total. The van der Waals surface area contributed by atoms with Crippen LogP contribution in [0.15, 0.2) is 72.8 Å². The van der Waals surface area contributed by atoms with Crippen LogP contribution in [0.3, 0.4) is 0 Å². The number of nitrogens with zero attached hydrogens (tertiary/aromatic N) is 1. The number of hydrogen-bond donors (Lipinski definition) is 1. The van der Waals surface area contributed by atoms with Crippen molar-refractivity contribution >= 4 is 16.6 Å². The fourth-order valence-corrected chi connectivity index (χ4v) is 5.32. The molecule has 0 aromatic heterocycles. The average Bonchev–Trinajstić information content (AvgIpc) is 3.00. The summed E-state index contributed by atoms with van der Waals surface area (Å²) in [4.78, 5) is 16.5. The van der Waals surface area contributed by atoms with Crippen LogP contribution in [-0.2, 0) is 6.61 Å². The van der Waals surface area contributed by atoms with Crippen molar-refractivity contribution in [2.24, 2.45) is 0 Å². The predicted octanol–water partition coefficient (Wildman–Crippen LogP) is 6.11. The minimum atomic E-state index is -0.176. The van der Waals surface area contributed by atoms with E-state index in [-0.39, 0.29) is 12.4 Å². The Balaban J connectivity index is 1.48. The zero-order chi connectivity index (χ0) is 27.2. The molecule has 0 spiro atoms. The summed E-state index contributed by atoms with van der Waals surface area (Å²) in [5, 5.41) is 11.9. The van der Waals surface area contributed by atoms with E-state index in [9.17, 15) is 9.90 Å². The largest absolute Gasteiger partial charge is 0.497 e. The van der Waals surface area contributed by atoms with Crippen molar-refractivity contribution in [3.05, 3.63) is 89.5 Å². The smallest absolute Gasteiger partial charge is 0.194 e. The van der Waals surface area contributed by atoms with Crippen molar-refractivity contribution < 1.29 is 24.1 Å². The van der Waals surface area contributed by atoms with E-state index in [1.54, 1.807) is 20.3 Å². The van der Waals surface area contributed by atoms with Gasteiger partial charge in [0.1, 0.15) is 23.9 Å². The van der Waals surface area contributed by atoms with Crippen LogP contribution in [0.4, 0.5) is 0 Å². The van der Waals surface area contributed by atoms with Crippen molar-refractivity contribution in [2.75, 3.05) is 40.5 Å². The van der Waals surface area contributed by atoms with Gasteiger partial charge in [0.2, 0.25) is 0 Å². The summed E-state index contributed by atoms with van der Waals surface area (Å²) in [6, 6.07) is 22.6. The molecule has 6 heteroatoms.